The van der Waals surface area contributed by atoms with Gasteiger partial charge in [0.2, 0.25) is 0 Å². The van der Waals surface area contributed by atoms with Crippen molar-refractivity contribution in [3.05, 3.63) is 29.8 Å². The van der Waals surface area contributed by atoms with Gasteiger partial charge in [-0.3, -0.25) is 0 Å². The molecule has 0 heterocycles. The zero-order valence-corrected chi connectivity index (χ0v) is 12.7. The third-order valence-electron chi connectivity index (χ3n) is 3.64. The molecule has 1 aromatic carbocycles. The van der Waals surface area contributed by atoms with E-state index in [9.17, 15) is 5.11 Å². The number of aliphatic hydroxyl groups is 1. The Morgan fingerprint density at radius 1 is 1.32 bits per heavy atom. The molecule has 0 radical (unpaired) electrons. The first-order valence-electron chi connectivity index (χ1n) is 7.05. The minimum Gasteiger partial charge on any atom is -0.491 e. The largest absolute Gasteiger partial charge is 0.491 e. The molecular weight excluding hydrogens is 238 g/mol. The van der Waals surface area contributed by atoms with Gasteiger partial charge in [0, 0.05) is 6.04 Å². The molecule has 0 amide bonds. The quantitative estimate of drug-likeness (QED) is 0.796. The monoisotopic (exact) mass is 265 g/mol. The van der Waals surface area contributed by atoms with Crippen molar-refractivity contribution in [1.29, 1.82) is 0 Å². The number of nitrogens with one attached hydrogen (secondary N) is 1. The predicted octanol–water partition coefficient (Wildman–Crippen LogP) is 3.14. The Morgan fingerprint density at radius 3 is 2.58 bits per heavy atom. The van der Waals surface area contributed by atoms with Crippen LogP contribution in [0.2, 0.25) is 0 Å². The first-order valence-corrected chi connectivity index (χ1v) is 7.05. The van der Waals surface area contributed by atoms with Crippen LogP contribution in [0.15, 0.2) is 24.3 Å². The molecule has 19 heavy (non-hydrogen) atoms. The Morgan fingerprint density at radius 2 is 2.00 bits per heavy atom. The predicted molar refractivity (Wildman–Crippen MR) is 79.5 cm³/mol. The van der Waals surface area contributed by atoms with Crippen LogP contribution in [0.4, 0.5) is 0 Å². The molecule has 0 spiro atoms. The fourth-order valence-corrected chi connectivity index (χ4v) is 1.69. The topological polar surface area (TPSA) is 41.5 Å². The summed E-state index contributed by atoms with van der Waals surface area (Å²) in [6, 6.07) is 8.34. The maximum Gasteiger partial charge on any atom is 0.119 e. The Hall–Kier alpha value is -1.06. The SMILES string of the molecule is CCNC(C)c1cccc(OCC(C)(O)C(C)C)c1. The summed E-state index contributed by atoms with van der Waals surface area (Å²) in [5, 5.41) is 13.6. The van der Waals surface area contributed by atoms with E-state index in [0.29, 0.717) is 12.6 Å². The van der Waals surface area contributed by atoms with Crippen LogP contribution in [0, 0.1) is 5.92 Å². The number of rotatable bonds is 7. The summed E-state index contributed by atoms with van der Waals surface area (Å²) in [6.45, 7) is 11.3. The molecular formula is C16H27NO2. The number of ether oxygens (including phenoxy) is 1. The van der Waals surface area contributed by atoms with Crippen LogP contribution in [0.5, 0.6) is 5.75 Å². The molecule has 108 valence electrons. The van der Waals surface area contributed by atoms with Crippen molar-refractivity contribution in [1.82, 2.24) is 5.32 Å². The van der Waals surface area contributed by atoms with Crippen LogP contribution in [0.3, 0.4) is 0 Å². The molecule has 0 saturated heterocycles. The molecule has 0 aliphatic rings. The van der Waals surface area contributed by atoms with E-state index in [0.717, 1.165) is 12.3 Å². The van der Waals surface area contributed by atoms with Gasteiger partial charge in [0.25, 0.3) is 0 Å². The first kappa shape index (κ1) is 16.0. The highest BCUT2D eigenvalue weighted by Gasteiger charge is 2.25. The highest BCUT2D eigenvalue weighted by molar-refractivity contribution is 5.30. The fraction of sp³-hybridized carbons (Fsp3) is 0.625. The summed E-state index contributed by atoms with van der Waals surface area (Å²) in [7, 11) is 0. The number of benzene rings is 1. The standard InChI is InChI=1S/C16H27NO2/c1-6-17-13(4)14-8-7-9-15(10-14)19-11-16(5,18)12(2)3/h7-10,12-13,17-18H,6,11H2,1-5H3. The third kappa shape index (κ3) is 4.84. The second-order valence-electron chi connectivity index (χ2n) is 5.65. The van der Waals surface area contributed by atoms with Crippen molar-refractivity contribution in [2.75, 3.05) is 13.2 Å². The van der Waals surface area contributed by atoms with E-state index in [-0.39, 0.29) is 5.92 Å². The summed E-state index contributed by atoms with van der Waals surface area (Å²) in [5.74, 6) is 0.972. The minimum atomic E-state index is -0.802. The van der Waals surface area contributed by atoms with Gasteiger partial charge in [-0.25, -0.2) is 0 Å². The third-order valence-corrected chi connectivity index (χ3v) is 3.64. The van der Waals surface area contributed by atoms with E-state index < -0.39 is 5.60 Å². The Labute approximate surface area is 117 Å². The summed E-state index contributed by atoms with van der Waals surface area (Å²) in [6.07, 6.45) is 0. The highest BCUT2D eigenvalue weighted by atomic mass is 16.5. The molecule has 0 aliphatic carbocycles. The molecule has 0 bridgehead atoms. The lowest BCUT2D eigenvalue weighted by atomic mass is 9.94. The van der Waals surface area contributed by atoms with Gasteiger partial charge in [0.1, 0.15) is 12.4 Å². The molecule has 0 fully saturated rings. The molecule has 0 saturated carbocycles. The average Bonchev–Trinajstić information content (AvgIpc) is 2.37. The smallest absolute Gasteiger partial charge is 0.119 e. The van der Waals surface area contributed by atoms with E-state index >= 15 is 0 Å². The Balaban J connectivity index is 2.67. The lowest BCUT2D eigenvalue weighted by molar-refractivity contribution is -0.0266. The van der Waals surface area contributed by atoms with Crippen molar-refractivity contribution in [3.63, 3.8) is 0 Å². The Kier molecular flexibility index (Phi) is 5.83. The van der Waals surface area contributed by atoms with Gasteiger partial charge >= 0.3 is 0 Å². The molecule has 3 nitrogen and oxygen atoms in total. The zero-order valence-electron chi connectivity index (χ0n) is 12.7. The van der Waals surface area contributed by atoms with Gasteiger partial charge in [-0.15, -0.1) is 0 Å². The average molecular weight is 265 g/mol. The van der Waals surface area contributed by atoms with Gasteiger partial charge in [-0.1, -0.05) is 32.9 Å². The minimum absolute atomic E-state index is 0.163. The maximum absolute atomic E-state index is 10.2. The van der Waals surface area contributed by atoms with E-state index in [4.69, 9.17) is 4.74 Å². The summed E-state index contributed by atoms with van der Waals surface area (Å²) in [4.78, 5) is 0. The molecule has 3 heteroatoms. The summed E-state index contributed by atoms with van der Waals surface area (Å²) in [5.41, 5.74) is 0.395. The second kappa shape index (κ2) is 6.92. The molecule has 2 N–H and O–H groups in total. The van der Waals surface area contributed by atoms with Crippen LogP contribution in [-0.2, 0) is 0 Å². The number of hydrogen-bond donors (Lipinski definition) is 2. The van der Waals surface area contributed by atoms with Crippen LogP contribution in [-0.4, -0.2) is 23.9 Å². The van der Waals surface area contributed by atoms with Gasteiger partial charge in [0.05, 0.1) is 5.60 Å². The van der Waals surface area contributed by atoms with Crippen LogP contribution < -0.4 is 10.1 Å². The normalized spacial score (nSPS) is 16.2. The van der Waals surface area contributed by atoms with Crippen molar-refractivity contribution < 1.29 is 9.84 Å². The molecule has 2 atom stereocenters. The summed E-state index contributed by atoms with van der Waals surface area (Å²) < 4.78 is 5.72. The number of hydrogen-bond acceptors (Lipinski definition) is 3. The van der Waals surface area contributed by atoms with Crippen molar-refractivity contribution >= 4 is 0 Å². The van der Waals surface area contributed by atoms with Gasteiger partial charge in [0.15, 0.2) is 0 Å². The summed E-state index contributed by atoms with van der Waals surface area (Å²) >= 11 is 0. The second-order valence-corrected chi connectivity index (χ2v) is 5.65. The Bertz CT molecular complexity index is 388. The van der Waals surface area contributed by atoms with Crippen molar-refractivity contribution in [2.24, 2.45) is 5.92 Å². The van der Waals surface area contributed by atoms with E-state index in [2.05, 4.69) is 25.2 Å². The lowest BCUT2D eigenvalue weighted by Crippen LogP contribution is -2.37. The van der Waals surface area contributed by atoms with Crippen LogP contribution >= 0.6 is 0 Å². The van der Waals surface area contributed by atoms with Crippen molar-refractivity contribution in [2.45, 2.75) is 46.3 Å². The zero-order chi connectivity index (χ0) is 14.5. The van der Waals surface area contributed by atoms with Crippen LogP contribution in [0.1, 0.15) is 46.2 Å². The van der Waals surface area contributed by atoms with E-state index in [1.807, 2.05) is 39.0 Å². The van der Waals surface area contributed by atoms with Gasteiger partial charge in [-0.2, -0.15) is 0 Å². The molecule has 2 unspecified atom stereocenters. The van der Waals surface area contributed by atoms with E-state index in [1.54, 1.807) is 0 Å². The van der Waals surface area contributed by atoms with Gasteiger partial charge < -0.3 is 15.2 Å². The van der Waals surface area contributed by atoms with Gasteiger partial charge in [-0.05, 0) is 44.0 Å². The molecule has 0 aromatic heterocycles. The molecule has 1 aromatic rings. The van der Waals surface area contributed by atoms with Crippen molar-refractivity contribution in [3.8, 4) is 5.75 Å². The fourth-order valence-electron chi connectivity index (χ4n) is 1.69. The van der Waals surface area contributed by atoms with Crippen LogP contribution in [0.25, 0.3) is 0 Å². The first-order chi connectivity index (χ1) is 8.86. The lowest BCUT2D eigenvalue weighted by Gasteiger charge is -2.27. The molecule has 0 aliphatic heterocycles. The highest BCUT2D eigenvalue weighted by Crippen LogP contribution is 2.22. The van der Waals surface area contributed by atoms with E-state index in [1.165, 1.54) is 5.56 Å². The molecule has 1 rings (SSSR count). The maximum atomic E-state index is 10.2.